The molecule has 0 aliphatic carbocycles. The number of hydrogen-bond donors (Lipinski definition) is 1. The van der Waals surface area contributed by atoms with Gasteiger partial charge >= 0.3 is 16.3 Å². The summed E-state index contributed by atoms with van der Waals surface area (Å²) in [5.74, 6) is -4.65. The van der Waals surface area contributed by atoms with Gasteiger partial charge in [0.25, 0.3) is 0 Å². The summed E-state index contributed by atoms with van der Waals surface area (Å²) < 4.78 is 81.2. The second kappa shape index (κ2) is 7.87. The minimum Gasteiger partial charge on any atom is -0.380 e. The van der Waals surface area contributed by atoms with Gasteiger partial charge in [0.05, 0.1) is 0 Å². The van der Waals surface area contributed by atoms with Gasteiger partial charge < -0.3 is 9.29 Å². The lowest BCUT2D eigenvalue weighted by Gasteiger charge is -2.18. The molecule has 0 saturated heterocycles. The van der Waals surface area contributed by atoms with Gasteiger partial charge in [0.2, 0.25) is 5.83 Å². The molecule has 2 aromatic rings. The van der Waals surface area contributed by atoms with Crippen molar-refractivity contribution >= 4 is 21.7 Å². The summed E-state index contributed by atoms with van der Waals surface area (Å²) in [5.41, 5.74) is 0.445. The van der Waals surface area contributed by atoms with Crippen LogP contribution in [-0.4, -0.2) is 19.7 Å². The molecule has 1 unspecified atom stereocenters. The SMILES string of the molecule is Cc1ccc(S(=O)(=O)O/C(=C(/F)C(F)(F)F)C(O)c2ccc(Cl)cc2)cc1. The fourth-order valence-electron chi connectivity index (χ4n) is 2.01. The smallest absolute Gasteiger partial charge is 0.380 e. The number of aryl methyl sites for hydroxylation is 1. The molecule has 2 aromatic carbocycles. The zero-order valence-corrected chi connectivity index (χ0v) is 15.2. The monoisotopic (exact) mass is 424 g/mol. The molecule has 0 bridgehead atoms. The summed E-state index contributed by atoms with van der Waals surface area (Å²) in [7, 11) is -4.83. The second-order valence-corrected chi connectivity index (χ2v) is 7.46. The molecule has 146 valence electrons. The number of allylic oxidation sites excluding steroid dienone is 1. The molecule has 0 saturated carbocycles. The zero-order chi connectivity index (χ0) is 20.4. The van der Waals surface area contributed by atoms with Crippen molar-refractivity contribution in [2.24, 2.45) is 0 Å². The largest absolute Gasteiger partial charge is 0.446 e. The van der Waals surface area contributed by atoms with Crippen LogP contribution in [0, 0.1) is 6.92 Å². The summed E-state index contributed by atoms with van der Waals surface area (Å²) in [6.07, 6.45) is -7.89. The number of alkyl halides is 3. The van der Waals surface area contributed by atoms with E-state index in [9.17, 15) is 31.1 Å². The maximum atomic E-state index is 13.9. The van der Waals surface area contributed by atoms with Crippen LogP contribution in [0.15, 0.2) is 65.0 Å². The Morgan fingerprint density at radius 3 is 2.07 bits per heavy atom. The molecule has 0 aliphatic rings. The van der Waals surface area contributed by atoms with E-state index in [-0.39, 0.29) is 10.6 Å². The molecule has 0 radical (unpaired) electrons. The highest BCUT2D eigenvalue weighted by atomic mass is 35.5. The number of benzene rings is 2. The van der Waals surface area contributed by atoms with Crippen molar-refractivity contribution in [3.63, 3.8) is 0 Å². The number of hydrogen-bond acceptors (Lipinski definition) is 4. The Kier molecular flexibility index (Phi) is 6.18. The van der Waals surface area contributed by atoms with Gasteiger partial charge in [0.1, 0.15) is 11.0 Å². The van der Waals surface area contributed by atoms with E-state index in [0.717, 1.165) is 24.3 Å². The Balaban J connectivity index is 2.51. The fourth-order valence-corrected chi connectivity index (χ4v) is 3.10. The van der Waals surface area contributed by atoms with Crippen molar-refractivity contribution < 1.29 is 35.3 Å². The minimum absolute atomic E-state index is 0.209. The van der Waals surface area contributed by atoms with E-state index in [4.69, 9.17) is 11.6 Å². The van der Waals surface area contributed by atoms with Crippen LogP contribution < -0.4 is 0 Å². The Bertz CT molecular complexity index is 936. The maximum absolute atomic E-state index is 13.9. The summed E-state index contributed by atoms with van der Waals surface area (Å²) in [6, 6.07) is 9.63. The van der Waals surface area contributed by atoms with E-state index in [1.807, 2.05) is 0 Å². The Morgan fingerprint density at radius 2 is 1.59 bits per heavy atom. The molecular weight excluding hydrogens is 412 g/mol. The first-order valence-corrected chi connectivity index (χ1v) is 9.12. The van der Waals surface area contributed by atoms with Gasteiger partial charge in [-0.05, 0) is 36.8 Å². The predicted octanol–water partition coefficient (Wildman–Crippen LogP) is 4.83. The number of rotatable bonds is 5. The predicted molar refractivity (Wildman–Crippen MR) is 90.1 cm³/mol. The van der Waals surface area contributed by atoms with Crippen LogP contribution >= 0.6 is 11.6 Å². The summed E-state index contributed by atoms with van der Waals surface area (Å²) >= 11 is 5.66. The van der Waals surface area contributed by atoms with Crippen molar-refractivity contribution in [3.05, 3.63) is 76.3 Å². The van der Waals surface area contributed by atoms with Gasteiger partial charge in [-0.15, -0.1) is 0 Å². The van der Waals surface area contributed by atoms with E-state index in [1.54, 1.807) is 6.92 Å². The summed E-state index contributed by atoms with van der Waals surface area (Å²) in [4.78, 5) is -0.496. The molecule has 2 rings (SSSR count). The van der Waals surface area contributed by atoms with E-state index in [2.05, 4.69) is 4.18 Å². The van der Waals surface area contributed by atoms with Gasteiger partial charge in [-0.25, -0.2) is 0 Å². The maximum Gasteiger partial charge on any atom is 0.446 e. The molecule has 10 heteroatoms. The normalized spacial score (nSPS) is 14.5. The van der Waals surface area contributed by atoms with Crippen molar-refractivity contribution in [1.29, 1.82) is 0 Å². The third-order valence-electron chi connectivity index (χ3n) is 3.41. The van der Waals surface area contributed by atoms with Gasteiger partial charge in [-0.2, -0.15) is 26.0 Å². The molecular formula is C17H13ClF4O4S. The van der Waals surface area contributed by atoms with Crippen LogP contribution in [0.3, 0.4) is 0 Å². The Hall–Kier alpha value is -2.10. The molecule has 0 aromatic heterocycles. The Labute approximate surface area is 157 Å². The van der Waals surface area contributed by atoms with E-state index < -0.39 is 38.9 Å². The summed E-state index contributed by atoms with van der Waals surface area (Å²) in [6.45, 7) is 1.66. The van der Waals surface area contributed by atoms with Gasteiger partial charge in [0.15, 0.2) is 5.76 Å². The van der Waals surface area contributed by atoms with Crippen LogP contribution in [0.25, 0.3) is 0 Å². The van der Waals surface area contributed by atoms with Crippen LogP contribution in [0.5, 0.6) is 0 Å². The lowest BCUT2D eigenvalue weighted by Crippen LogP contribution is -2.19. The van der Waals surface area contributed by atoms with Crippen molar-refractivity contribution in [2.45, 2.75) is 24.1 Å². The lowest BCUT2D eigenvalue weighted by molar-refractivity contribution is -0.113. The molecule has 0 heterocycles. The third kappa shape index (κ3) is 5.21. The van der Waals surface area contributed by atoms with Crippen LogP contribution in [0.4, 0.5) is 17.6 Å². The molecule has 0 spiro atoms. The van der Waals surface area contributed by atoms with E-state index in [1.165, 1.54) is 24.3 Å². The topological polar surface area (TPSA) is 63.6 Å². The van der Waals surface area contributed by atoms with Crippen molar-refractivity contribution in [2.75, 3.05) is 0 Å². The highest BCUT2D eigenvalue weighted by molar-refractivity contribution is 7.86. The molecule has 0 amide bonds. The molecule has 1 atom stereocenters. The molecule has 0 aliphatic heterocycles. The third-order valence-corrected chi connectivity index (χ3v) is 4.91. The summed E-state index contributed by atoms with van der Waals surface area (Å²) in [5, 5.41) is 10.3. The van der Waals surface area contributed by atoms with E-state index in [0.29, 0.717) is 5.56 Å². The number of halogens is 5. The first kappa shape index (κ1) is 21.2. The zero-order valence-electron chi connectivity index (χ0n) is 13.7. The van der Waals surface area contributed by atoms with Gasteiger partial charge in [0, 0.05) is 5.02 Å². The quantitative estimate of drug-likeness (QED) is 0.424. The lowest BCUT2D eigenvalue weighted by atomic mass is 10.1. The molecule has 1 N–H and O–H groups in total. The highest BCUT2D eigenvalue weighted by Gasteiger charge is 2.42. The number of aliphatic hydroxyl groups is 1. The Morgan fingerprint density at radius 1 is 1.07 bits per heavy atom. The van der Waals surface area contributed by atoms with Gasteiger partial charge in [-0.1, -0.05) is 41.4 Å². The fraction of sp³-hybridized carbons (Fsp3) is 0.176. The number of aliphatic hydroxyl groups excluding tert-OH is 1. The van der Waals surface area contributed by atoms with Crippen molar-refractivity contribution in [3.8, 4) is 0 Å². The highest BCUT2D eigenvalue weighted by Crippen LogP contribution is 2.37. The van der Waals surface area contributed by atoms with Crippen LogP contribution in [-0.2, 0) is 14.3 Å². The van der Waals surface area contributed by atoms with Crippen LogP contribution in [0.2, 0.25) is 5.02 Å². The average molecular weight is 425 g/mol. The van der Waals surface area contributed by atoms with Crippen molar-refractivity contribution in [1.82, 2.24) is 0 Å². The average Bonchev–Trinajstić information content (AvgIpc) is 2.59. The molecule has 27 heavy (non-hydrogen) atoms. The second-order valence-electron chi connectivity index (χ2n) is 5.48. The first-order chi connectivity index (χ1) is 12.4. The molecule has 4 nitrogen and oxygen atoms in total. The standard InChI is InChI=1S/C17H13ClF4O4S/c1-10-2-8-13(9-3-10)27(24,25)26-15(16(19)17(20,21)22)14(23)11-4-6-12(18)7-5-11/h2-9,14,23H,1H3/b16-15+. The van der Waals surface area contributed by atoms with Crippen LogP contribution in [0.1, 0.15) is 17.2 Å². The van der Waals surface area contributed by atoms with E-state index >= 15 is 0 Å². The first-order valence-electron chi connectivity index (χ1n) is 7.33. The van der Waals surface area contributed by atoms with Gasteiger partial charge in [-0.3, -0.25) is 0 Å². The minimum atomic E-state index is -5.56. The molecule has 0 fully saturated rings.